The first-order valence-electron chi connectivity index (χ1n) is 21.8. The van der Waals surface area contributed by atoms with Gasteiger partial charge in [-0.2, -0.15) is 0 Å². The van der Waals surface area contributed by atoms with Gasteiger partial charge in [-0.1, -0.05) is 212 Å². The minimum absolute atomic E-state index is 0.605. The van der Waals surface area contributed by atoms with Gasteiger partial charge in [-0.05, 0) is 51.6 Å². The molecule has 0 aliphatic rings. The van der Waals surface area contributed by atoms with E-state index < -0.39 is 0 Å². The van der Waals surface area contributed by atoms with Crippen molar-refractivity contribution in [3.8, 4) is 113 Å². The quantitative estimate of drug-likeness (QED) is 0.135. The monoisotopic (exact) mass is 845 g/mol. The number of benzene rings is 8. The van der Waals surface area contributed by atoms with E-state index in [2.05, 4.69) is 115 Å². The third-order valence-electron chi connectivity index (χ3n) is 11.5. The molecular formula is C59H39N7. The average molecular weight is 846 g/mol. The van der Waals surface area contributed by atoms with Crippen LogP contribution < -0.4 is 0 Å². The Morgan fingerprint density at radius 1 is 0.197 bits per heavy atom. The van der Waals surface area contributed by atoms with Gasteiger partial charge in [0.15, 0.2) is 34.9 Å². The molecule has 7 heteroatoms. The van der Waals surface area contributed by atoms with Crippen molar-refractivity contribution >= 4 is 0 Å². The zero-order valence-corrected chi connectivity index (χ0v) is 35.6. The first kappa shape index (κ1) is 39.8. The average Bonchev–Trinajstić information content (AvgIpc) is 3.42. The minimum Gasteiger partial charge on any atom is -0.256 e. The lowest BCUT2D eigenvalue weighted by Crippen LogP contribution is -2.00. The smallest absolute Gasteiger partial charge is 0.164 e. The largest absolute Gasteiger partial charge is 0.256 e. The molecule has 11 aromatic rings. The van der Waals surface area contributed by atoms with Crippen LogP contribution in [0.15, 0.2) is 237 Å². The molecule has 0 atom stereocenters. The maximum atomic E-state index is 5.03. The molecular weight excluding hydrogens is 807 g/mol. The maximum Gasteiger partial charge on any atom is 0.164 e. The molecule has 11 rings (SSSR count). The second kappa shape index (κ2) is 18.0. The van der Waals surface area contributed by atoms with E-state index in [1.807, 2.05) is 121 Å². The zero-order chi connectivity index (χ0) is 44.1. The Bertz CT molecular complexity index is 3350. The Kier molecular flexibility index (Phi) is 10.8. The highest BCUT2D eigenvalue weighted by Gasteiger charge is 2.17. The van der Waals surface area contributed by atoms with Gasteiger partial charge in [-0.3, -0.25) is 4.98 Å². The molecule has 0 radical (unpaired) electrons. The summed E-state index contributed by atoms with van der Waals surface area (Å²) in [4.78, 5) is 34.5. The summed E-state index contributed by atoms with van der Waals surface area (Å²) < 4.78 is 0. The molecule has 310 valence electrons. The summed E-state index contributed by atoms with van der Waals surface area (Å²) in [5, 5.41) is 0. The second-order valence-corrected chi connectivity index (χ2v) is 15.8. The maximum absolute atomic E-state index is 5.03. The van der Waals surface area contributed by atoms with Crippen molar-refractivity contribution in [1.29, 1.82) is 0 Å². The standard InChI is InChI=1S/C59H39N7/c1-5-15-40(16-6-1)41-24-30-47(31-25-41)57-64-56(46-21-11-4-12-22-46)65-58(66-57)48-32-26-42(27-33-48)50-36-37-51(53-23-13-14-38-60-53)52(39-50)43-28-34-49(35-29-43)59-62-54(44-17-7-2-8-18-44)61-55(63-59)45-19-9-3-10-20-45/h1-39H. The minimum atomic E-state index is 0.605. The Labute approximate surface area is 383 Å². The predicted molar refractivity (Wildman–Crippen MR) is 265 cm³/mol. The fourth-order valence-corrected chi connectivity index (χ4v) is 8.05. The molecule has 66 heavy (non-hydrogen) atoms. The molecule has 0 fully saturated rings. The predicted octanol–water partition coefficient (Wildman–Crippen LogP) is 14.1. The Hall–Kier alpha value is -9.07. The fraction of sp³-hybridized carbons (Fsp3) is 0. The van der Waals surface area contributed by atoms with Crippen molar-refractivity contribution in [2.24, 2.45) is 0 Å². The molecule has 0 aliphatic heterocycles. The van der Waals surface area contributed by atoms with Crippen molar-refractivity contribution in [2.45, 2.75) is 0 Å². The van der Waals surface area contributed by atoms with E-state index in [0.717, 1.165) is 78.0 Å². The van der Waals surface area contributed by atoms with E-state index in [-0.39, 0.29) is 0 Å². The summed E-state index contributed by atoms with van der Waals surface area (Å²) in [5.41, 5.74) is 13.9. The van der Waals surface area contributed by atoms with Gasteiger partial charge in [-0.25, -0.2) is 29.9 Å². The Morgan fingerprint density at radius 3 is 0.864 bits per heavy atom. The molecule has 0 saturated heterocycles. The number of hydrogen-bond donors (Lipinski definition) is 0. The molecule has 7 nitrogen and oxygen atoms in total. The van der Waals surface area contributed by atoms with Crippen LogP contribution >= 0.6 is 0 Å². The first-order chi connectivity index (χ1) is 32.7. The highest BCUT2D eigenvalue weighted by atomic mass is 15.0. The molecule has 0 bridgehead atoms. The van der Waals surface area contributed by atoms with Gasteiger partial charge in [0.2, 0.25) is 0 Å². The van der Waals surface area contributed by atoms with Crippen molar-refractivity contribution in [2.75, 3.05) is 0 Å². The van der Waals surface area contributed by atoms with Gasteiger partial charge >= 0.3 is 0 Å². The van der Waals surface area contributed by atoms with E-state index >= 15 is 0 Å². The molecule has 0 saturated carbocycles. The SMILES string of the molecule is c1ccc(-c2ccc(-c3nc(-c4ccccc4)nc(-c4ccc(-c5ccc(-c6ccccn6)c(-c6ccc(-c7nc(-c8ccccc8)nc(-c8ccccc8)n7)cc6)c5)cc4)n3)cc2)cc1. The molecule has 3 aromatic heterocycles. The lowest BCUT2D eigenvalue weighted by Gasteiger charge is -2.14. The summed E-state index contributed by atoms with van der Waals surface area (Å²) in [7, 11) is 0. The molecule has 0 spiro atoms. The lowest BCUT2D eigenvalue weighted by molar-refractivity contribution is 1.07. The summed E-state index contributed by atoms with van der Waals surface area (Å²) in [6.45, 7) is 0. The third kappa shape index (κ3) is 8.40. The molecule has 0 amide bonds. The van der Waals surface area contributed by atoms with E-state index in [1.165, 1.54) is 0 Å². The summed E-state index contributed by atoms with van der Waals surface area (Å²) in [5.74, 6) is 3.70. The number of aromatic nitrogens is 7. The van der Waals surface area contributed by atoms with E-state index in [9.17, 15) is 0 Å². The van der Waals surface area contributed by atoms with E-state index in [1.54, 1.807) is 0 Å². The molecule has 0 unspecified atom stereocenters. The zero-order valence-electron chi connectivity index (χ0n) is 35.6. The van der Waals surface area contributed by atoms with Gasteiger partial charge in [0.1, 0.15) is 0 Å². The van der Waals surface area contributed by atoms with Crippen LogP contribution in [0, 0.1) is 0 Å². The first-order valence-corrected chi connectivity index (χ1v) is 21.8. The summed E-state index contributed by atoms with van der Waals surface area (Å²) in [6, 6.07) is 78.3. The van der Waals surface area contributed by atoms with Crippen molar-refractivity contribution in [1.82, 2.24) is 34.9 Å². The fourth-order valence-electron chi connectivity index (χ4n) is 8.05. The highest BCUT2D eigenvalue weighted by molar-refractivity contribution is 5.87. The molecule has 0 N–H and O–H groups in total. The Morgan fingerprint density at radius 2 is 0.485 bits per heavy atom. The summed E-state index contributed by atoms with van der Waals surface area (Å²) in [6.07, 6.45) is 1.83. The number of hydrogen-bond acceptors (Lipinski definition) is 7. The van der Waals surface area contributed by atoms with E-state index in [4.69, 9.17) is 34.9 Å². The van der Waals surface area contributed by atoms with Gasteiger partial charge in [-0.15, -0.1) is 0 Å². The number of pyridine rings is 1. The number of nitrogens with zero attached hydrogens (tertiary/aromatic N) is 7. The van der Waals surface area contributed by atoms with Crippen molar-refractivity contribution < 1.29 is 0 Å². The lowest BCUT2D eigenvalue weighted by atomic mass is 9.92. The molecule has 8 aromatic carbocycles. The van der Waals surface area contributed by atoms with Crippen LogP contribution in [0.25, 0.3) is 113 Å². The van der Waals surface area contributed by atoms with Gasteiger partial charge in [0, 0.05) is 45.1 Å². The van der Waals surface area contributed by atoms with Crippen LogP contribution in [-0.2, 0) is 0 Å². The Balaban J connectivity index is 0.940. The molecule has 3 heterocycles. The van der Waals surface area contributed by atoms with Gasteiger partial charge in [0.05, 0.1) is 5.69 Å². The topological polar surface area (TPSA) is 90.2 Å². The third-order valence-corrected chi connectivity index (χ3v) is 11.5. The molecule has 0 aliphatic carbocycles. The van der Waals surface area contributed by atoms with E-state index in [0.29, 0.717) is 34.9 Å². The second-order valence-electron chi connectivity index (χ2n) is 15.8. The van der Waals surface area contributed by atoms with Crippen molar-refractivity contribution in [3.05, 3.63) is 237 Å². The van der Waals surface area contributed by atoms with Crippen LogP contribution in [0.2, 0.25) is 0 Å². The summed E-state index contributed by atoms with van der Waals surface area (Å²) >= 11 is 0. The van der Waals surface area contributed by atoms with Crippen LogP contribution in [0.5, 0.6) is 0 Å². The van der Waals surface area contributed by atoms with Crippen LogP contribution in [0.4, 0.5) is 0 Å². The number of rotatable bonds is 10. The highest BCUT2D eigenvalue weighted by Crippen LogP contribution is 2.37. The van der Waals surface area contributed by atoms with Crippen LogP contribution in [0.1, 0.15) is 0 Å². The van der Waals surface area contributed by atoms with Crippen molar-refractivity contribution in [3.63, 3.8) is 0 Å². The van der Waals surface area contributed by atoms with Crippen LogP contribution in [-0.4, -0.2) is 34.9 Å². The van der Waals surface area contributed by atoms with Gasteiger partial charge in [0.25, 0.3) is 0 Å². The van der Waals surface area contributed by atoms with Gasteiger partial charge < -0.3 is 0 Å². The van der Waals surface area contributed by atoms with Crippen LogP contribution in [0.3, 0.4) is 0 Å². The normalized spacial score (nSPS) is 11.0.